The van der Waals surface area contributed by atoms with Crippen LogP contribution in [0, 0.1) is 13.8 Å². The highest BCUT2D eigenvalue weighted by Crippen LogP contribution is 2.17. The van der Waals surface area contributed by atoms with E-state index >= 15 is 0 Å². The molecule has 6 heteroatoms. The van der Waals surface area contributed by atoms with Crippen molar-refractivity contribution in [1.29, 1.82) is 0 Å². The first-order valence-electron chi connectivity index (χ1n) is 8.86. The van der Waals surface area contributed by atoms with Gasteiger partial charge >= 0.3 is 0 Å². The minimum absolute atomic E-state index is 0.201. The molecule has 27 heavy (non-hydrogen) atoms. The number of hydrogen-bond acceptors (Lipinski definition) is 3. The first-order valence-corrected chi connectivity index (χ1v) is 8.86. The molecule has 2 amide bonds. The zero-order valence-electron chi connectivity index (χ0n) is 16.1. The zero-order valence-corrected chi connectivity index (χ0v) is 16.1. The number of hydrogen-bond donors (Lipinski definition) is 1. The van der Waals surface area contributed by atoms with Crippen LogP contribution in [0.4, 0.5) is 5.69 Å². The molecule has 0 spiro atoms. The first kappa shape index (κ1) is 18.6. The van der Waals surface area contributed by atoms with E-state index in [0.717, 1.165) is 33.7 Å². The number of nitrogens with one attached hydrogen (secondary N) is 1. The fraction of sp³-hybridized carbons (Fsp3) is 0.286. The normalized spacial score (nSPS) is 10.8. The number of imidazole rings is 1. The molecule has 0 unspecified atom stereocenters. The summed E-state index contributed by atoms with van der Waals surface area (Å²) in [5, 5.41) is 2.81. The number of carbonyl (C=O) groups excluding carboxylic acids is 2. The average molecular weight is 364 g/mol. The standard InChI is InChI=1S/C21H24N4O2/c1-14-9-10-16(15(2)11-14)23-20(26)12-21(27)24(3)13-19-22-17-7-5-6-8-18(17)25(19)4/h5-11H,12-13H2,1-4H3,(H,23,26). The maximum Gasteiger partial charge on any atom is 0.233 e. The minimum atomic E-state index is -0.316. The summed E-state index contributed by atoms with van der Waals surface area (Å²) in [6.07, 6.45) is -0.201. The summed E-state index contributed by atoms with van der Waals surface area (Å²) in [6, 6.07) is 13.6. The molecule has 0 aliphatic carbocycles. The Kier molecular flexibility index (Phi) is 5.26. The predicted octanol–water partition coefficient (Wildman–Crippen LogP) is 3.18. The summed E-state index contributed by atoms with van der Waals surface area (Å²) in [7, 11) is 3.61. The van der Waals surface area contributed by atoms with Gasteiger partial charge in [-0.3, -0.25) is 9.59 Å². The molecule has 1 N–H and O–H groups in total. The Bertz CT molecular complexity index is 1010. The number of fused-ring (bicyclic) bond motifs is 1. The largest absolute Gasteiger partial charge is 0.338 e. The van der Waals surface area contributed by atoms with Crippen molar-refractivity contribution in [3.8, 4) is 0 Å². The molecule has 0 atom stereocenters. The lowest BCUT2D eigenvalue weighted by molar-refractivity contribution is -0.134. The van der Waals surface area contributed by atoms with Gasteiger partial charge in [-0.15, -0.1) is 0 Å². The molecule has 6 nitrogen and oxygen atoms in total. The van der Waals surface area contributed by atoms with Crippen LogP contribution in [0.5, 0.6) is 0 Å². The fourth-order valence-corrected chi connectivity index (χ4v) is 3.06. The van der Waals surface area contributed by atoms with E-state index in [1.807, 2.05) is 67.9 Å². The molecule has 140 valence electrons. The first-order chi connectivity index (χ1) is 12.8. The van der Waals surface area contributed by atoms with Crippen LogP contribution in [0.1, 0.15) is 23.4 Å². The summed E-state index contributed by atoms with van der Waals surface area (Å²) in [5.41, 5.74) is 4.74. The van der Waals surface area contributed by atoms with E-state index in [2.05, 4.69) is 10.3 Å². The lowest BCUT2D eigenvalue weighted by Crippen LogP contribution is -2.31. The van der Waals surface area contributed by atoms with Crippen molar-refractivity contribution in [2.75, 3.05) is 12.4 Å². The molecule has 1 heterocycles. The number of amides is 2. The number of para-hydroxylation sites is 2. The van der Waals surface area contributed by atoms with Gasteiger partial charge in [-0.1, -0.05) is 29.8 Å². The van der Waals surface area contributed by atoms with Crippen LogP contribution in [0.15, 0.2) is 42.5 Å². The SMILES string of the molecule is Cc1ccc(NC(=O)CC(=O)N(C)Cc2nc3ccccc3n2C)c(C)c1. The van der Waals surface area contributed by atoms with Gasteiger partial charge < -0.3 is 14.8 Å². The van der Waals surface area contributed by atoms with Crippen molar-refractivity contribution in [3.63, 3.8) is 0 Å². The highest BCUT2D eigenvalue weighted by Gasteiger charge is 2.17. The van der Waals surface area contributed by atoms with Crippen LogP contribution in [-0.2, 0) is 23.2 Å². The molecule has 0 radical (unpaired) electrons. The molecule has 0 aliphatic rings. The van der Waals surface area contributed by atoms with Gasteiger partial charge in [-0.25, -0.2) is 4.98 Å². The van der Waals surface area contributed by atoms with Crippen molar-refractivity contribution in [1.82, 2.24) is 14.5 Å². The van der Waals surface area contributed by atoms with Crippen molar-refractivity contribution >= 4 is 28.5 Å². The second-order valence-corrected chi connectivity index (χ2v) is 6.87. The van der Waals surface area contributed by atoms with Gasteiger partial charge in [0.15, 0.2) is 0 Å². The molecule has 0 saturated carbocycles. The maximum absolute atomic E-state index is 12.4. The summed E-state index contributed by atoms with van der Waals surface area (Å²) in [4.78, 5) is 30.8. The highest BCUT2D eigenvalue weighted by molar-refractivity contribution is 6.03. The maximum atomic E-state index is 12.4. The molecule has 0 fully saturated rings. The Balaban J connectivity index is 1.63. The quantitative estimate of drug-likeness (QED) is 0.707. The molecular weight excluding hydrogens is 340 g/mol. The van der Waals surface area contributed by atoms with Gasteiger partial charge in [-0.05, 0) is 37.6 Å². The van der Waals surface area contributed by atoms with Crippen molar-refractivity contribution in [2.24, 2.45) is 7.05 Å². The number of aryl methyl sites for hydroxylation is 3. The van der Waals surface area contributed by atoms with E-state index in [-0.39, 0.29) is 18.2 Å². The zero-order chi connectivity index (χ0) is 19.6. The Labute approximate surface area is 158 Å². The van der Waals surface area contributed by atoms with E-state index in [0.29, 0.717) is 6.54 Å². The Hall–Kier alpha value is -3.15. The third-order valence-corrected chi connectivity index (χ3v) is 4.65. The Morgan fingerprint density at radius 1 is 1.15 bits per heavy atom. The number of anilines is 1. The average Bonchev–Trinajstić information content (AvgIpc) is 2.93. The topological polar surface area (TPSA) is 67.2 Å². The summed E-state index contributed by atoms with van der Waals surface area (Å²) in [6.45, 7) is 4.28. The smallest absolute Gasteiger partial charge is 0.233 e. The highest BCUT2D eigenvalue weighted by atomic mass is 16.2. The van der Waals surface area contributed by atoms with Crippen molar-refractivity contribution in [2.45, 2.75) is 26.8 Å². The summed E-state index contributed by atoms with van der Waals surface area (Å²) >= 11 is 0. The van der Waals surface area contributed by atoms with Crippen LogP contribution in [0.3, 0.4) is 0 Å². The number of aromatic nitrogens is 2. The number of benzene rings is 2. The van der Waals surface area contributed by atoms with Crippen LogP contribution < -0.4 is 5.32 Å². The summed E-state index contributed by atoms with van der Waals surface area (Å²) < 4.78 is 1.97. The Morgan fingerprint density at radius 3 is 2.59 bits per heavy atom. The van der Waals surface area contributed by atoms with Crippen LogP contribution in [0.2, 0.25) is 0 Å². The second kappa shape index (κ2) is 7.61. The van der Waals surface area contributed by atoms with Gasteiger partial charge in [0.2, 0.25) is 11.8 Å². The van der Waals surface area contributed by atoms with Gasteiger partial charge in [0.05, 0.1) is 17.6 Å². The van der Waals surface area contributed by atoms with E-state index < -0.39 is 0 Å². The summed E-state index contributed by atoms with van der Waals surface area (Å²) in [5.74, 6) is 0.218. The van der Waals surface area contributed by atoms with E-state index in [9.17, 15) is 9.59 Å². The third kappa shape index (κ3) is 4.16. The Morgan fingerprint density at radius 2 is 1.89 bits per heavy atom. The number of carbonyl (C=O) groups is 2. The molecule has 0 aliphatic heterocycles. The van der Waals surface area contributed by atoms with Crippen molar-refractivity contribution < 1.29 is 9.59 Å². The monoisotopic (exact) mass is 364 g/mol. The van der Waals surface area contributed by atoms with E-state index in [4.69, 9.17) is 0 Å². The lowest BCUT2D eigenvalue weighted by Gasteiger charge is -2.17. The van der Waals surface area contributed by atoms with Gasteiger partial charge in [-0.2, -0.15) is 0 Å². The number of rotatable bonds is 5. The molecule has 1 aromatic heterocycles. The molecule has 2 aromatic carbocycles. The number of nitrogens with zero attached hydrogens (tertiary/aromatic N) is 3. The minimum Gasteiger partial charge on any atom is -0.338 e. The van der Waals surface area contributed by atoms with Gasteiger partial charge in [0.1, 0.15) is 12.2 Å². The van der Waals surface area contributed by atoms with Crippen LogP contribution >= 0.6 is 0 Å². The second-order valence-electron chi connectivity index (χ2n) is 6.87. The molecule has 3 rings (SSSR count). The van der Waals surface area contributed by atoms with Gasteiger partial charge in [0, 0.05) is 19.8 Å². The fourth-order valence-electron chi connectivity index (χ4n) is 3.06. The van der Waals surface area contributed by atoms with E-state index in [1.54, 1.807) is 7.05 Å². The molecule has 0 saturated heterocycles. The molecule has 3 aromatic rings. The van der Waals surface area contributed by atoms with Crippen molar-refractivity contribution in [3.05, 3.63) is 59.4 Å². The molecular formula is C21H24N4O2. The van der Waals surface area contributed by atoms with Crippen LogP contribution in [-0.4, -0.2) is 33.3 Å². The lowest BCUT2D eigenvalue weighted by atomic mass is 10.1. The van der Waals surface area contributed by atoms with Gasteiger partial charge in [0.25, 0.3) is 0 Å². The van der Waals surface area contributed by atoms with E-state index in [1.165, 1.54) is 4.90 Å². The third-order valence-electron chi connectivity index (χ3n) is 4.65. The van der Waals surface area contributed by atoms with Crippen LogP contribution in [0.25, 0.3) is 11.0 Å². The molecule has 0 bridgehead atoms. The predicted molar refractivity (Wildman–Crippen MR) is 106 cm³/mol.